The Labute approximate surface area is 142 Å². The van der Waals surface area contributed by atoms with Gasteiger partial charge in [-0.15, -0.1) is 0 Å². The maximum Gasteiger partial charge on any atom is 0.261 e. The standard InChI is InChI=1S/C16H25FN2O4S/c1-10(2)14(15(20)18-23-16(4,5)6)19-24(21,22)12-7-8-13(17)11(3)9-12/h7-10,14,19H,1-6H3,(H,18,20)/t14-/m1/s1. The van der Waals surface area contributed by atoms with Crippen LogP contribution >= 0.6 is 0 Å². The van der Waals surface area contributed by atoms with E-state index in [1.165, 1.54) is 13.0 Å². The van der Waals surface area contributed by atoms with Gasteiger partial charge in [0.1, 0.15) is 11.9 Å². The molecule has 0 heterocycles. The average molecular weight is 360 g/mol. The van der Waals surface area contributed by atoms with Crippen molar-refractivity contribution >= 4 is 15.9 Å². The summed E-state index contributed by atoms with van der Waals surface area (Å²) < 4.78 is 40.6. The molecule has 1 aromatic rings. The van der Waals surface area contributed by atoms with E-state index in [1.807, 2.05) is 0 Å². The number of rotatable bonds is 6. The van der Waals surface area contributed by atoms with Gasteiger partial charge in [0.05, 0.1) is 10.5 Å². The maximum absolute atomic E-state index is 13.3. The van der Waals surface area contributed by atoms with Crippen molar-refractivity contribution in [2.75, 3.05) is 0 Å². The summed E-state index contributed by atoms with van der Waals surface area (Å²) in [7, 11) is -3.98. The van der Waals surface area contributed by atoms with E-state index in [2.05, 4.69) is 10.2 Å². The van der Waals surface area contributed by atoms with E-state index in [9.17, 15) is 17.6 Å². The average Bonchev–Trinajstić information content (AvgIpc) is 2.44. The van der Waals surface area contributed by atoms with E-state index < -0.39 is 33.4 Å². The van der Waals surface area contributed by atoms with Gasteiger partial charge >= 0.3 is 0 Å². The summed E-state index contributed by atoms with van der Waals surface area (Å²) in [5, 5.41) is 0. The summed E-state index contributed by atoms with van der Waals surface area (Å²) in [6.07, 6.45) is 0. The summed E-state index contributed by atoms with van der Waals surface area (Å²) in [5.41, 5.74) is 1.87. The van der Waals surface area contributed by atoms with Gasteiger partial charge in [-0.05, 0) is 57.4 Å². The van der Waals surface area contributed by atoms with Crippen LogP contribution in [-0.2, 0) is 19.7 Å². The van der Waals surface area contributed by atoms with Crippen LogP contribution in [0.25, 0.3) is 0 Å². The third kappa shape index (κ3) is 5.85. The fourth-order valence-corrected chi connectivity index (χ4v) is 3.21. The predicted molar refractivity (Wildman–Crippen MR) is 89.1 cm³/mol. The number of carbonyl (C=O) groups is 1. The first-order chi connectivity index (χ1) is 10.8. The number of hydrogen-bond acceptors (Lipinski definition) is 4. The topological polar surface area (TPSA) is 84.5 Å². The monoisotopic (exact) mass is 360 g/mol. The van der Waals surface area contributed by atoms with Gasteiger partial charge in [0.2, 0.25) is 10.0 Å². The first-order valence-corrected chi connectivity index (χ1v) is 9.08. The van der Waals surface area contributed by atoms with Crippen LogP contribution in [0.1, 0.15) is 40.2 Å². The molecule has 0 bridgehead atoms. The molecule has 0 aliphatic heterocycles. The van der Waals surface area contributed by atoms with Gasteiger partial charge in [-0.2, -0.15) is 4.72 Å². The molecule has 136 valence electrons. The smallest absolute Gasteiger partial charge is 0.261 e. The molecule has 0 radical (unpaired) electrons. The van der Waals surface area contributed by atoms with Gasteiger partial charge in [0.25, 0.3) is 5.91 Å². The number of aryl methyl sites for hydroxylation is 1. The largest absolute Gasteiger partial charge is 0.271 e. The molecule has 6 nitrogen and oxygen atoms in total. The highest BCUT2D eigenvalue weighted by Crippen LogP contribution is 2.16. The maximum atomic E-state index is 13.3. The number of hydrogen-bond donors (Lipinski definition) is 2. The molecule has 8 heteroatoms. The van der Waals surface area contributed by atoms with E-state index in [0.717, 1.165) is 12.1 Å². The van der Waals surface area contributed by atoms with Gasteiger partial charge in [0, 0.05) is 0 Å². The molecule has 2 N–H and O–H groups in total. The Hall–Kier alpha value is -1.51. The van der Waals surface area contributed by atoms with Gasteiger partial charge in [-0.3, -0.25) is 9.63 Å². The van der Waals surface area contributed by atoms with Gasteiger partial charge in [-0.25, -0.2) is 18.3 Å². The second-order valence-corrected chi connectivity index (χ2v) is 8.65. The first-order valence-electron chi connectivity index (χ1n) is 7.60. The minimum Gasteiger partial charge on any atom is -0.271 e. The summed E-state index contributed by atoms with van der Waals surface area (Å²) in [6.45, 7) is 10.1. The van der Waals surface area contributed by atoms with Crippen LogP contribution in [0, 0.1) is 18.7 Å². The predicted octanol–water partition coefficient (Wildman–Crippen LogP) is 2.28. The fraction of sp³-hybridized carbons (Fsp3) is 0.562. The Morgan fingerprint density at radius 2 is 1.83 bits per heavy atom. The minimum absolute atomic E-state index is 0.100. The fourth-order valence-electron chi connectivity index (χ4n) is 1.78. The molecule has 0 aliphatic rings. The molecule has 0 unspecified atom stereocenters. The highest BCUT2D eigenvalue weighted by molar-refractivity contribution is 7.89. The lowest BCUT2D eigenvalue weighted by Gasteiger charge is -2.24. The molecule has 0 fully saturated rings. The van der Waals surface area contributed by atoms with Crippen LogP contribution < -0.4 is 10.2 Å². The van der Waals surface area contributed by atoms with Crippen LogP contribution in [0.4, 0.5) is 4.39 Å². The van der Waals surface area contributed by atoms with Crippen LogP contribution in [-0.4, -0.2) is 26.0 Å². The quantitative estimate of drug-likeness (QED) is 0.762. The lowest BCUT2D eigenvalue weighted by Crippen LogP contribution is -2.50. The molecule has 1 atom stereocenters. The van der Waals surface area contributed by atoms with Crippen LogP contribution in [0.5, 0.6) is 0 Å². The number of carbonyl (C=O) groups excluding carboxylic acids is 1. The Balaban J connectivity index is 2.98. The molecule has 0 saturated carbocycles. The van der Waals surface area contributed by atoms with Crippen LogP contribution in [0.2, 0.25) is 0 Å². The molecule has 0 aromatic heterocycles. The summed E-state index contributed by atoms with van der Waals surface area (Å²) in [4.78, 5) is 17.3. The second-order valence-electron chi connectivity index (χ2n) is 6.93. The van der Waals surface area contributed by atoms with Gasteiger partial charge in [-0.1, -0.05) is 13.8 Å². The molecule has 0 saturated heterocycles. The number of halogens is 1. The number of hydroxylamine groups is 1. The van der Waals surface area contributed by atoms with Crippen molar-refractivity contribution in [3.63, 3.8) is 0 Å². The van der Waals surface area contributed by atoms with Crippen LogP contribution in [0.15, 0.2) is 23.1 Å². The van der Waals surface area contributed by atoms with E-state index in [0.29, 0.717) is 0 Å². The number of sulfonamides is 1. The SMILES string of the molecule is Cc1cc(S(=O)(=O)N[C@@H](C(=O)NOC(C)(C)C)C(C)C)ccc1F. The number of amides is 1. The van der Waals surface area contributed by atoms with Crippen molar-refractivity contribution in [1.82, 2.24) is 10.2 Å². The van der Waals surface area contributed by atoms with E-state index >= 15 is 0 Å². The summed E-state index contributed by atoms with van der Waals surface area (Å²) >= 11 is 0. The lowest BCUT2D eigenvalue weighted by atomic mass is 10.1. The van der Waals surface area contributed by atoms with E-state index in [-0.39, 0.29) is 16.4 Å². The van der Waals surface area contributed by atoms with Crippen molar-refractivity contribution < 1.29 is 22.4 Å². The number of benzene rings is 1. The number of nitrogens with one attached hydrogen (secondary N) is 2. The zero-order valence-corrected chi connectivity index (χ0v) is 15.6. The zero-order chi connectivity index (χ0) is 18.7. The molecule has 0 aliphatic carbocycles. The molecular formula is C16H25FN2O4S. The highest BCUT2D eigenvalue weighted by atomic mass is 32.2. The van der Waals surface area contributed by atoms with Gasteiger partial charge in [0.15, 0.2) is 0 Å². The normalized spacial score (nSPS) is 13.8. The van der Waals surface area contributed by atoms with Crippen molar-refractivity contribution in [1.29, 1.82) is 0 Å². The Bertz CT molecular complexity index is 697. The van der Waals surface area contributed by atoms with E-state index in [4.69, 9.17) is 4.84 Å². The Kier molecular flexibility index (Phi) is 6.49. The highest BCUT2D eigenvalue weighted by Gasteiger charge is 2.29. The molecule has 24 heavy (non-hydrogen) atoms. The third-order valence-electron chi connectivity index (χ3n) is 3.13. The van der Waals surface area contributed by atoms with E-state index in [1.54, 1.807) is 34.6 Å². The Morgan fingerprint density at radius 3 is 2.29 bits per heavy atom. The Morgan fingerprint density at radius 1 is 1.25 bits per heavy atom. The van der Waals surface area contributed by atoms with Crippen molar-refractivity contribution in [3.05, 3.63) is 29.6 Å². The molecule has 0 spiro atoms. The molecule has 1 rings (SSSR count). The van der Waals surface area contributed by atoms with Crippen molar-refractivity contribution in [2.45, 2.75) is 58.1 Å². The zero-order valence-electron chi connectivity index (χ0n) is 14.8. The van der Waals surface area contributed by atoms with Crippen LogP contribution in [0.3, 0.4) is 0 Å². The summed E-state index contributed by atoms with van der Waals surface area (Å²) in [5.74, 6) is -1.40. The molecule has 1 aromatic carbocycles. The van der Waals surface area contributed by atoms with Gasteiger partial charge < -0.3 is 0 Å². The molecule has 1 amide bonds. The second kappa shape index (κ2) is 7.58. The first kappa shape index (κ1) is 20.5. The van der Waals surface area contributed by atoms with Crippen molar-refractivity contribution in [3.8, 4) is 0 Å². The molecular weight excluding hydrogens is 335 g/mol. The van der Waals surface area contributed by atoms with Crippen molar-refractivity contribution in [2.24, 2.45) is 5.92 Å². The summed E-state index contributed by atoms with van der Waals surface area (Å²) in [6, 6.07) is 2.43. The minimum atomic E-state index is -3.98. The lowest BCUT2D eigenvalue weighted by molar-refractivity contribution is -0.148. The third-order valence-corrected chi connectivity index (χ3v) is 4.57.